The number of carboxylic acids is 1. The number of carbonyl (C=O) groups excluding carboxylic acids is 1. The molecule has 0 aliphatic heterocycles. The summed E-state index contributed by atoms with van der Waals surface area (Å²) in [5.74, 6) is -0.489. The molecule has 0 aromatic heterocycles. The van der Waals surface area contributed by atoms with Crippen molar-refractivity contribution in [1.82, 2.24) is 5.32 Å². The molecule has 4 heteroatoms. The third kappa shape index (κ3) is 6.75. The Kier molecular flexibility index (Phi) is 6.66. The van der Waals surface area contributed by atoms with Gasteiger partial charge in [-0.15, -0.1) is 0 Å². The third-order valence-corrected chi connectivity index (χ3v) is 3.02. The molecule has 1 amide bonds. The van der Waals surface area contributed by atoms with E-state index >= 15 is 0 Å². The van der Waals surface area contributed by atoms with Gasteiger partial charge in [-0.3, -0.25) is 4.79 Å². The van der Waals surface area contributed by atoms with Gasteiger partial charge in [-0.1, -0.05) is 19.9 Å². The SMILES string of the molecule is Cc1cc(/C=C/C(=O)O)cc(C(=O)NCCCC(C)C)c1. The highest BCUT2D eigenvalue weighted by molar-refractivity contribution is 5.95. The molecular formula is C17H23NO3. The standard InChI is InChI=1S/C17H23NO3/c1-12(2)5-4-8-18-17(21)15-10-13(3)9-14(11-15)6-7-16(19)20/h6-7,9-12H,4-5,8H2,1-3H3,(H,18,21)(H,19,20)/b7-6+. The van der Waals surface area contributed by atoms with Gasteiger partial charge in [0, 0.05) is 18.2 Å². The van der Waals surface area contributed by atoms with Crippen LogP contribution in [0.5, 0.6) is 0 Å². The summed E-state index contributed by atoms with van der Waals surface area (Å²) in [6.07, 6.45) is 4.60. The van der Waals surface area contributed by atoms with E-state index in [0.29, 0.717) is 23.6 Å². The molecule has 0 aliphatic rings. The largest absolute Gasteiger partial charge is 0.478 e. The maximum atomic E-state index is 12.1. The first-order valence-electron chi connectivity index (χ1n) is 7.19. The van der Waals surface area contributed by atoms with Crippen LogP contribution in [0.4, 0.5) is 0 Å². The molecule has 0 spiro atoms. The molecule has 0 radical (unpaired) electrons. The molecule has 2 N–H and O–H groups in total. The number of hydrogen-bond donors (Lipinski definition) is 2. The van der Waals surface area contributed by atoms with Gasteiger partial charge in [-0.05, 0) is 55.0 Å². The molecule has 0 heterocycles. The molecule has 0 bridgehead atoms. The topological polar surface area (TPSA) is 66.4 Å². The van der Waals surface area contributed by atoms with Crippen molar-refractivity contribution in [3.63, 3.8) is 0 Å². The number of nitrogens with one attached hydrogen (secondary N) is 1. The second-order valence-electron chi connectivity index (χ2n) is 5.60. The highest BCUT2D eigenvalue weighted by Gasteiger charge is 2.06. The molecule has 1 aromatic rings. The summed E-state index contributed by atoms with van der Waals surface area (Å²) >= 11 is 0. The third-order valence-electron chi connectivity index (χ3n) is 3.02. The van der Waals surface area contributed by atoms with Crippen molar-refractivity contribution in [2.75, 3.05) is 6.54 Å². The first kappa shape index (κ1) is 17.0. The summed E-state index contributed by atoms with van der Waals surface area (Å²) in [5, 5.41) is 11.5. The molecule has 114 valence electrons. The minimum absolute atomic E-state index is 0.118. The number of carbonyl (C=O) groups is 2. The first-order chi connectivity index (χ1) is 9.88. The quantitative estimate of drug-likeness (QED) is 0.598. The van der Waals surface area contributed by atoms with Crippen LogP contribution in [0, 0.1) is 12.8 Å². The van der Waals surface area contributed by atoms with E-state index in [9.17, 15) is 9.59 Å². The molecule has 1 rings (SSSR count). The lowest BCUT2D eigenvalue weighted by atomic mass is 10.1. The predicted molar refractivity (Wildman–Crippen MR) is 84.3 cm³/mol. The Morgan fingerprint density at radius 2 is 2.00 bits per heavy atom. The predicted octanol–water partition coefficient (Wildman–Crippen LogP) is 3.26. The summed E-state index contributed by atoms with van der Waals surface area (Å²) in [7, 11) is 0. The minimum atomic E-state index is -1.00. The Balaban J connectivity index is 2.69. The summed E-state index contributed by atoms with van der Waals surface area (Å²) in [5.41, 5.74) is 2.20. The second kappa shape index (κ2) is 8.25. The van der Waals surface area contributed by atoms with Crippen molar-refractivity contribution in [1.29, 1.82) is 0 Å². The summed E-state index contributed by atoms with van der Waals surface area (Å²) < 4.78 is 0. The summed E-state index contributed by atoms with van der Waals surface area (Å²) in [4.78, 5) is 22.6. The Bertz CT molecular complexity index is 533. The molecule has 0 fully saturated rings. The number of aryl methyl sites for hydroxylation is 1. The molecule has 0 atom stereocenters. The fraction of sp³-hybridized carbons (Fsp3) is 0.412. The molecule has 0 unspecified atom stereocenters. The van der Waals surface area contributed by atoms with Gasteiger partial charge < -0.3 is 10.4 Å². The zero-order chi connectivity index (χ0) is 15.8. The van der Waals surface area contributed by atoms with Crippen LogP contribution in [0.15, 0.2) is 24.3 Å². The molecule has 4 nitrogen and oxygen atoms in total. The van der Waals surface area contributed by atoms with Gasteiger partial charge in [0.1, 0.15) is 0 Å². The number of hydrogen-bond acceptors (Lipinski definition) is 2. The zero-order valence-corrected chi connectivity index (χ0v) is 12.8. The maximum Gasteiger partial charge on any atom is 0.328 e. The van der Waals surface area contributed by atoms with E-state index < -0.39 is 5.97 Å². The fourth-order valence-corrected chi connectivity index (χ4v) is 2.02. The Morgan fingerprint density at radius 3 is 2.62 bits per heavy atom. The van der Waals surface area contributed by atoms with Gasteiger partial charge in [-0.25, -0.2) is 4.79 Å². The van der Waals surface area contributed by atoms with Gasteiger partial charge in [0.05, 0.1) is 0 Å². The molecule has 0 aliphatic carbocycles. The van der Waals surface area contributed by atoms with Crippen LogP contribution in [0.2, 0.25) is 0 Å². The van der Waals surface area contributed by atoms with Crippen LogP contribution < -0.4 is 5.32 Å². The van der Waals surface area contributed by atoms with Crippen LogP contribution in [0.3, 0.4) is 0 Å². The molecule has 0 saturated carbocycles. The molecular weight excluding hydrogens is 266 g/mol. The van der Waals surface area contributed by atoms with E-state index in [-0.39, 0.29) is 5.91 Å². The number of amides is 1. The first-order valence-corrected chi connectivity index (χ1v) is 7.19. The van der Waals surface area contributed by atoms with Crippen LogP contribution in [-0.4, -0.2) is 23.5 Å². The fourth-order valence-electron chi connectivity index (χ4n) is 2.02. The second-order valence-corrected chi connectivity index (χ2v) is 5.60. The van der Waals surface area contributed by atoms with Crippen LogP contribution in [0.1, 0.15) is 48.2 Å². The lowest BCUT2D eigenvalue weighted by molar-refractivity contribution is -0.131. The lowest BCUT2D eigenvalue weighted by Crippen LogP contribution is -2.24. The van der Waals surface area contributed by atoms with Crippen molar-refractivity contribution in [2.24, 2.45) is 5.92 Å². The van der Waals surface area contributed by atoms with E-state index in [0.717, 1.165) is 24.5 Å². The Hall–Kier alpha value is -2.10. The van der Waals surface area contributed by atoms with Crippen LogP contribution >= 0.6 is 0 Å². The van der Waals surface area contributed by atoms with E-state index in [4.69, 9.17) is 5.11 Å². The van der Waals surface area contributed by atoms with E-state index in [1.807, 2.05) is 13.0 Å². The Labute approximate surface area is 125 Å². The van der Waals surface area contributed by atoms with Crippen LogP contribution in [0.25, 0.3) is 6.08 Å². The van der Waals surface area contributed by atoms with Crippen molar-refractivity contribution in [2.45, 2.75) is 33.6 Å². The van der Waals surface area contributed by atoms with E-state index in [2.05, 4.69) is 19.2 Å². The number of benzene rings is 1. The van der Waals surface area contributed by atoms with Gasteiger partial charge in [0.15, 0.2) is 0 Å². The van der Waals surface area contributed by atoms with Gasteiger partial charge in [0.25, 0.3) is 5.91 Å². The van der Waals surface area contributed by atoms with Crippen molar-refractivity contribution in [3.05, 3.63) is 41.0 Å². The maximum absolute atomic E-state index is 12.1. The van der Waals surface area contributed by atoms with E-state index in [1.54, 1.807) is 12.1 Å². The number of aliphatic carboxylic acids is 1. The van der Waals surface area contributed by atoms with Crippen molar-refractivity contribution in [3.8, 4) is 0 Å². The minimum Gasteiger partial charge on any atom is -0.478 e. The lowest BCUT2D eigenvalue weighted by Gasteiger charge is -2.08. The van der Waals surface area contributed by atoms with Crippen LogP contribution in [-0.2, 0) is 4.79 Å². The zero-order valence-electron chi connectivity index (χ0n) is 12.8. The molecule has 1 aromatic carbocycles. The van der Waals surface area contributed by atoms with E-state index in [1.165, 1.54) is 6.08 Å². The number of rotatable bonds is 7. The average Bonchev–Trinajstić information content (AvgIpc) is 2.40. The highest BCUT2D eigenvalue weighted by atomic mass is 16.4. The highest BCUT2D eigenvalue weighted by Crippen LogP contribution is 2.12. The number of carboxylic acid groups (broad SMARTS) is 1. The van der Waals surface area contributed by atoms with Gasteiger partial charge in [0.2, 0.25) is 0 Å². The summed E-state index contributed by atoms with van der Waals surface area (Å²) in [6.45, 7) is 6.85. The monoisotopic (exact) mass is 289 g/mol. The average molecular weight is 289 g/mol. The van der Waals surface area contributed by atoms with Crippen molar-refractivity contribution >= 4 is 18.0 Å². The normalized spacial score (nSPS) is 11.0. The Morgan fingerprint density at radius 1 is 1.29 bits per heavy atom. The smallest absolute Gasteiger partial charge is 0.328 e. The van der Waals surface area contributed by atoms with Gasteiger partial charge in [-0.2, -0.15) is 0 Å². The molecule has 0 saturated heterocycles. The van der Waals surface area contributed by atoms with Gasteiger partial charge >= 0.3 is 5.97 Å². The molecule has 21 heavy (non-hydrogen) atoms. The summed E-state index contributed by atoms with van der Waals surface area (Å²) in [6, 6.07) is 5.34. The van der Waals surface area contributed by atoms with Crippen molar-refractivity contribution < 1.29 is 14.7 Å².